The number of nitrogens with two attached hydrogens (primary N) is 1. The van der Waals surface area contributed by atoms with Crippen molar-refractivity contribution >= 4 is 44.7 Å². The first kappa shape index (κ1) is 15.4. The molecule has 0 unspecified atom stereocenters. The molecular formula is C14H12BrN3O2S. The van der Waals surface area contributed by atoms with Crippen molar-refractivity contribution in [2.24, 2.45) is 5.73 Å². The van der Waals surface area contributed by atoms with E-state index in [1.807, 2.05) is 0 Å². The summed E-state index contributed by atoms with van der Waals surface area (Å²) in [6, 6.07) is 6.86. The minimum atomic E-state index is -0.329. The minimum Gasteiger partial charge on any atom is -0.494 e. The van der Waals surface area contributed by atoms with Gasteiger partial charge in [-0.2, -0.15) is 0 Å². The number of hydrogen-bond donors (Lipinski definition) is 2. The Balaban J connectivity index is 2.36. The van der Waals surface area contributed by atoms with E-state index in [0.717, 1.165) is 4.47 Å². The summed E-state index contributed by atoms with van der Waals surface area (Å²) < 4.78 is 5.93. The second-order valence-corrected chi connectivity index (χ2v) is 5.44. The van der Waals surface area contributed by atoms with Crippen molar-refractivity contribution in [2.75, 3.05) is 12.4 Å². The lowest BCUT2D eigenvalue weighted by Crippen LogP contribution is -2.18. The Bertz CT molecular complexity index is 706. The number of benzene rings is 1. The molecule has 0 saturated heterocycles. The van der Waals surface area contributed by atoms with Crippen LogP contribution in [0.4, 0.5) is 5.69 Å². The summed E-state index contributed by atoms with van der Waals surface area (Å²) in [6.45, 7) is 0. The van der Waals surface area contributed by atoms with Gasteiger partial charge in [0.25, 0.3) is 5.91 Å². The molecule has 3 N–H and O–H groups in total. The van der Waals surface area contributed by atoms with Gasteiger partial charge in [0.1, 0.15) is 10.7 Å². The van der Waals surface area contributed by atoms with Gasteiger partial charge in [0.15, 0.2) is 0 Å². The Labute approximate surface area is 135 Å². The second kappa shape index (κ2) is 6.64. The Morgan fingerprint density at radius 1 is 1.38 bits per heavy atom. The standard InChI is InChI=1S/C14H12BrN3O2S/c1-20-12-7-17-5-4-10(12)14(19)18-11-6-8(15)2-3-9(11)13(16)21/h2-7H,1H3,(H2,16,21)(H,18,19). The lowest BCUT2D eigenvalue weighted by Gasteiger charge is -2.12. The number of carbonyl (C=O) groups is 1. The fourth-order valence-electron chi connectivity index (χ4n) is 1.75. The SMILES string of the molecule is COc1cnccc1C(=O)Nc1cc(Br)ccc1C(N)=S. The van der Waals surface area contributed by atoms with Crippen molar-refractivity contribution in [1.29, 1.82) is 0 Å². The minimum absolute atomic E-state index is 0.208. The molecule has 0 bridgehead atoms. The molecule has 1 amide bonds. The van der Waals surface area contributed by atoms with E-state index in [9.17, 15) is 4.79 Å². The topological polar surface area (TPSA) is 77.2 Å². The van der Waals surface area contributed by atoms with Gasteiger partial charge in [-0.25, -0.2) is 0 Å². The van der Waals surface area contributed by atoms with Gasteiger partial charge < -0.3 is 15.8 Å². The van der Waals surface area contributed by atoms with E-state index in [4.69, 9.17) is 22.7 Å². The molecule has 0 atom stereocenters. The van der Waals surface area contributed by atoms with Crippen LogP contribution in [0.5, 0.6) is 5.75 Å². The monoisotopic (exact) mass is 365 g/mol. The van der Waals surface area contributed by atoms with Crippen LogP contribution in [-0.2, 0) is 0 Å². The van der Waals surface area contributed by atoms with Crippen molar-refractivity contribution in [2.45, 2.75) is 0 Å². The van der Waals surface area contributed by atoms with Crippen LogP contribution in [0.15, 0.2) is 41.1 Å². The molecule has 0 aliphatic heterocycles. The molecule has 0 radical (unpaired) electrons. The lowest BCUT2D eigenvalue weighted by molar-refractivity contribution is 0.102. The number of anilines is 1. The molecule has 1 heterocycles. The molecule has 2 aromatic rings. The number of ether oxygens (including phenoxy) is 1. The highest BCUT2D eigenvalue weighted by atomic mass is 79.9. The molecular weight excluding hydrogens is 354 g/mol. The molecule has 0 spiro atoms. The number of rotatable bonds is 4. The molecule has 1 aromatic carbocycles. The average Bonchev–Trinajstić information content (AvgIpc) is 2.46. The van der Waals surface area contributed by atoms with Crippen LogP contribution in [0, 0.1) is 0 Å². The number of amides is 1. The van der Waals surface area contributed by atoms with Gasteiger partial charge in [0.05, 0.1) is 24.6 Å². The number of pyridine rings is 1. The van der Waals surface area contributed by atoms with Crippen LogP contribution < -0.4 is 15.8 Å². The first-order valence-electron chi connectivity index (χ1n) is 5.91. The van der Waals surface area contributed by atoms with Gasteiger partial charge in [0, 0.05) is 16.2 Å². The molecule has 0 fully saturated rings. The highest BCUT2D eigenvalue weighted by Gasteiger charge is 2.15. The zero-order valence-corrected chi connectivity index (χ0v) is 13.5. The van der Waals surface area contributed by atoms with E-state index in [1.165, 1.54) is 19.5 Å². The molecule has 5 nitrogen and oxygen atoms in total. The molecule has 0 aliphatic rings. The summed E-state index contributed by atoms with van der Waals surface area (Å²) in [6.07, 6.45) is 3.00. The van der Waals surface area contributed by atoms with Crippen molar-refractivity contribution in [3.63, 3.8) is 0 Å². The molecule has 0 saturated carbocycles. The largest absolute Gasteiger partial charge is 0.494 e. The third-order valence-corrected chi connectivity index (χ3v) is 3.46. The highest BCUT2D eigenvalue weighted by Crippen LogP contribution is 2.24. The fourth-order valence-corrected chi connectivity index (χ4v) is 2.29. The zero-order valence-electron chi connectivity index (χ0n) is 11.1. The maximum absolute atomic E-state index is 12.4. The predicted molar refractivity (Wildman–Crippen MR) is 88.8 cm³/mol. The van der Waals surface area contributed by atoms with Gasteiger partial charge in [-0.15, -0.1) is 0 Å². The van der Waals surface area contributed by atoms with E-state index in [1.54, 1.807) is 24.3 Å². The van der Waals surface area contributed by atoms with E-state index in [0.29, 0.717) is 22.6 Å². The van der Waals surface area contributed by atoms with Crippen molar-refractivity contribution < 1.29 is 9.53 Å². The number of nitrogens with zero attached hydrogens (tertiary/aromatic N) is 1. The second-order valence-electron chi connectivity index (χ2n) is 4.08. The van der Waals surface area contributed by atoms with Crippen LogP contribution in [0.1, 0.15) is 15.9 Å². The molecule has 7 heteroatoms. The summed E-state index contributed by atoms with van der Waals surface area (Å²) in [5.74, 6) is 0.0618. The summed E-state index contributed by atoms with van der Waals surface area (Å²) >= 11 is 8.34. The maximum Gasteiger partial charge on any atom is 0.259 e. The molecule has 21 heavy (non-hydrogen) atoms. The van der Waals surface area contributed by atoms with Crippen LogP contribution in [-0.4, -0.2) is 23.0 Å². The number of nitrogens with one attached hydrogen (secondary N) is 1. The third kappa shape index (κ3) is 3.56. The Morgan fingerprint density at radius 3 is 2.81 bits per heavy atom. The number of halogens is 1. The first-order valence-corrected chi connectivity index (χ1v) is 7.11. The van der Waals surface area contributed by atoms with Crippen molar-refractivity contribution in [1.82, 2.24) is 4.98 Å². The van der Waals surface area contributed by atoms with E-state index in [2.05, 4.69) is 26.2 Å². The highest BCUT2D eigenvalue weighted by molar-refractivity contribution is 9.10. The van der Waals surface area contributed by atoms with Crippen LogP contribution in [0.2, 0.25) is 0 Å². The normalized spacial score (nSPS) is 10.0. The summed E-state index contributed by atoms with van der Waals surface area (Å²) in [4.78, 5) is 16.5. The number of hydrogen-bond acceptors (Lipinski definition) is 4. The maximum atomic E-state index is 12.4. The van der Waals surface area contributed by atoms with Gasteiger partial charge in [0.2, 0.25) is 0 Å². The number of aromatic nitrogens is 1. The van der Waals surface area contributed by atoms with Gasteiger partial charge >= 0.3 is 0 Å². The zero-order chi connectivity index (χ0) is 15.4. The number of carbonyl (C=O) groups excluding carboxylic acids is 1. The summed E-state index contributed by atoms with van der Waals surface area (Å²) in [5.41, 5.74) is 7.16. The Kier molecular flexibility index (Phi) is 4.87. The fraction of sp³-hybridized carbons (Fsp3) is 0.0714. The van der Waals surface area contributed by atoms with E-state index in [-0.39, 0.29) is 10.9 Å². The number of thiocarbonyl (C=S) groups is 1. The lowest BCUT2D eigenvalue weighted by atomic mass is 10.1. The van der Waals surface area contributed by atoms with Crippen molar-refractivity contribution in [3.05, 3.63) is 52.3 Å². The van der Waals surface area contributed by atoms with Crippen LogP contribution in [0.25, 0.3) is 0 Å². The molecule has 108 valence electrons. The van der Waals surface area contributed by atoms with E-state index >= 15 is 0 Å². The Morgan fingerprint density at radius 2 is 2.14 bits per heavy atom. The summed E-state index contributed by atoms with van der Waals surface area (Å²) in [7, 11) is 1.48. The van der Waals surface area contributed by atoms with Gasteiger partial charge in [-0.3, -0.25) is 9.78 Å². The smallest absolute Gasteiger partial charge is 0.259 e. The quantitative estimate of drug-likeness (QED) is 0.814. The predicted octanol–water partition coefficient (Wildman–Crippen LogP) is 2.74. The van der Waals surface area contributed by atoms with Crippen LogP contribution in [0.3, 0.4) is 0 Å². The van der Waals surface area contributed by atoms with Crippen molar-refractivity contribution in [3.8, 4) is 5.75 Å². The summed E-state index contributed by atoms with van der Waals surface area (Å²) in [5, 5.41) is 2.78. The Hall–Kier alpha value is -1.99. The van der Waals surface area contributed by atoms with Crippen LogP contribution >= 0.6 is 28.1 Å². The molecule has 0 aliphatic carbocycles. The molecule has 2 rings (SSSR count). The number of methoxy groups -OCH3 is 1. The van der Waals surface area contributed by atoms with Gasteiger partial charge in [-0.1, -0.05) is 28.1 Å². The first-order chi connectivity index (χ1) is 10.0. The third-order valence-electron chi connectivity index (χ3n) is 2.74. The molecule has 1 aromatic heterocycles. The average molecular weight is 366 g/mol. The van der Waals surface area contributed by atoms with E-state index < -0.39 is 0 Å². The van der Waals surface area contributed by atoms with Gasteiger partial charge in [-0.05, 0) is 24.3 Å².